The van der Waals surface area contributed by atoms with E-state index in [0.717, 1.165) is 25.2 Å². The highest BCUT2D eigenvalue weighted by Gasteiger charge is 2.42. The number of benzene rings is 2. The van der Waals surface area contributed by atoms with Crippen LogP contribution in [-0.2, 0) is 4.74 Å². The van der Waals surface area contributed by atoms with Gasteiger partial charge < -0.3 is 14.2 Å². The van der Waals surface area contributed by atoms with E-state index in [2.05, 4.69) is 0 Å². The fraction of sp³-hybridized carbons (Fsp3) is 0.316. The summed E-state index contributed by atoms with van der Waals surface area (Å²) in [7, 11) is 0. The number of para-hydroxylation sites is 1. The molecule has 1 fully saturated rings. The van der Waals surface area contributed by atoms with E-state index in [4.69, 9.17) is 14.2 Å². The SMILES string of the molecule is O=C1CC2(CCCOC2)Oc2ccc(Oc3ccccc3)cc21. The van der Waals surface area contributed by atoms with Crippen molar-refractivity contribution in [2.45, 2.75) is 24.9 Å². The Labute approximate surface area is 135 Å². The van der Waals surface area contributed by atoms with E-state index in [1.54, 1.807) is 6.07 Å². The van der Waals surface area contributed by atoms with Crippen molar-refractivity contribution in [3.05, 3.63) is 54.1 Å². The summed E-state index contributed by atoms with van der Waals surface area (Å²) in [4.78, 5) is 12.6. The van der Waals surface area contributed by atoms with Crippen LogP contribution >= 0.6 is 0 Å². The highest BCUT2D eigenvalue weighted by Crippen LogP contribution is 2.39. The van der Waals surface area contributed by atoms with Gasteiger partial charge in [-0.25, -0.2) is 0 Å². The van der Waals surface area contributed by atoms with Gasteiger partial charge in [0.2, 0.25) is 0 Å². The van der Waals surface area contributed by atoms with E-state index < -0.39 is 5.60 Å². The minimum absolute atomic E-state index is 0.0928. The van der Waals surface area contributed by atoms with Crippen molar-refractivity contribution in [1.29, 1.82) is 0 Å². The van der Waals surface area contributed by atoms with Crippen LogP contribution in [0.5, 0.6) is 17.2 Å². The normalized spacial score (nSPS) is 23.2. The van der Waals surface area contributed by atoms with Crippen molar-refractivity contribution in [1.82, 2.24) is 0 Å². The first-order valence-corrected chi connectivity index (χ1v) is 7.91. The molecule has 0 aromatic heterocycles. The predicted molar refractivity (Wildman–Crippen MR) is 85.3 cm³/mol. The molecule has 0 amide bonds. The summed E-state index contributed by atoms with van der Waals surface area (Å²) >= 11 is 0. The monoisotopic (exact) mass is 310 g/mol. The van der Waals surface area contributed by atoms with Crippen LogP contribution in [0.2, 0.25) is 0 Å². The molecule has 1 saturated heterocycles. The van der Waals surface area contributed by atoms with Crippen LogP contribution in [0.15, 0.2) is 48.5 Å². The molecule has 4 heteroatoms. The average molecular weight is 310 g/mol. The number of ketones is 1. The Morgan fingerprint density at radius 2 is 1.91 bits per heavy atom. The first kappa shape index (κ1) is 14.3. The standard InChI is InChI=1S/C19H18O4/c20-17-12-19(9-4-10-21-13-19)23-18-8-7-15(11-16(17)18)22-14-5-2-1-3-6-14/h1-3,5-8,11H,4,9-10,12-13H2. The number of rotatable bonds is 2. The van der Waals surface area contributed by atoms with Crippen molar-refractivity contribution in [3.8, 4) is 17.2 Å². The molecule has 1 atom stereocenters. The third-order valence-corrected chi connectivity index (χ3v) is 4.33. The second-order valence-corrected chi connectivity index (χ2v) is 6.11. The van der Waals surface area contributed by atoms with Gasteiger partial charge in [0.25, 0.3) is 0 Å². The molecule has 4 rings (SSSR count). The van der Waals surface area contributed by atoms with Crippen LogP contribution < -0.4 is 9.47 Å². The molecule has 1 spiro atoms. The molecule has 2 aromatic carbocycles. The molecule has 1 unspecified atom stereocenters. The molecule has 0 N–H and O–H groups in total. The number of carbonyl (C=O) groups excluding carboxylic acids is 1. The van der Waals surface area contributed by atoms with Gasteiger partial charge in [-0.3, -0.25) is 4.79 Å². The maximum absolute atomic E-state index is 12.6. The molecule has 0 radical (unpaired) electrons. The topological polar surface area (TPSA) is 44.8 Å². The summed E-state index contributed by atoms with van der Waals surface area (Å²) in [5.74, 6) is 2.11. The molecule has 2 aliphatic heterocycles. The number of ether oxygens (including phenoxy) is 3. The number of hydrogen-bond acceptors (Lipinski definition) is 4. The van der Waals surface area contributed by atoms with E-state index in [9.17, 15) is 4.79 Å². The number of fused-ring (bicyclic) bond motifs is 1. The maximum Gasteiger partial charge on any atom is 0.170 e. The van der Waals surface area contributed by atoms with E-state index in [1.165, 1.54) is 0 Å². The van der Waals surface area contributed by atoms with Gasteiger partial charge in [0.05, 0.1) is 18.6 Å². The first-order valence-electron chi connectivity index (χ1n) is 7.91. The van der Waals surface area contributed by atoms with Crippen molar-refractivity contribution >= 4 is 5.78 Å². The Morgan fingerprint density at radius 3 is 2.70 bits per heavy atom. The second-order valence-electron chi connectivity index (χ2n) is 6.11. The van der Waals surface area contributed by atoms with E-state index in [1.807, 2.05) is 42.5 Å². The smallest absolute Gasteiger partial charge is 0.170 e. The summed E-state index contributed by atoms with van der Waals surface area (Å²) < 4.78 is 17.5. The van der Waals surface area contributed by atoms with Crippen molar-refractivity contribution < 1.29 is 19.0 Å². The van der Waals surface area contributed by atoms with Crippen molar-refractivity contribution in [2.24, 2.45) is 0 Å². The van der Waals surface area contributed by atoms with Gasteiger partial charge in [-0.05, 0) is 43.2 Å². The van der Waals surface area contributed by atoms with Crippen LogP contribution in [0.1, 0.15) is 29.6 Å². The Kier molecular flexibility index (Phi) is 3.54. The third-order valence-electron chi connectivity index (χ3n) is 4.33. The van der Waals surface area contributed by atoms with Gasteiger partial charge in [-0.1, -0.05) is 18.2 Å². The Balaban J connectivity index is 1.60. The van der Waals surface area contributed by atoms with Crippen molar-refractivity contribution in [2.75, 3.05) is 13.2 Å². The first-order chi connectivity index (χ1) is 11.2. The Hall–Kier alpha value is -2.33. The molecule has 4 nitrogen and oxygen atoms in total. The molecule has 2 heterocycles. The van der Waals surface area contributed by atoms with Gasteiger partial charge >= 0.3 is 0 Å². The van der Waals surface area contributed by atoms with Gasteiger partial charge in [0, 0.05) is 6.61 Å². The zero-order valence-corrected chi connectivity index (χ0v) is 12.8. The zero-order valence-electron chi connectivity index (χ0n) is 12.8. The Bertz CT molecular complexity index is 717. The quantitative estimate of drug-likeness (QED) is 0.841. The molecule has 2 aromatic rings. The van der Waals surface area contributed by atoms with E-state index in [0.29, 0.717) is 30.1 Å². The van der Waals surface area contributed by atoms with Gasteiger partial charge in [0.1, 0.15) is 22.8 Å². The lowest BCUT2D eigenvalue weighted by Gasteiger charge is -2.40. The molecule has 0 aliphatic carbocycles. The summed E-state index contributed by atoms with van der Waals surface area (Å²) in [5.41, 5.74) is 0.110. The summed E-state index contributed by atoms with van der Waals surface area (Å²) in [5, 5.41) is 0. The van der Waals surface area contributed by atoms with Crippen LogP contribution in [-0.4, -0.2) is 24.6 Å². The maximum atomic E-state index is 12.6. The molecule has 2 aliphatic rings. The van der Waals surface area contributed by atoms with Gasteiger partial charge in [-0.15, -0.1) is 0 Å². The van der Waals surface area contributed by atoms with Crippen LogP contribution in [0.4, 0.5) is 0 Å². The lowest BCUT2D eigenvalue weighted by Crippen LogP contribution is -2.48. The highest BCUT2D eigenvalue weighted by molar-refractivity contribution is 6.00. The number of carbonyl (C=O) groups is 1. The molecule has 0 bridgehead atoms. The molecular weight excluding hydrogens is 292 g/mol. The summed E-state index contributed by atoms with van der Waals surface area (Å²) in [6.07, 6.45) is 2.16. The van der Waals surface area contributed by atoms with Crippen molar-refractivity contribution in [3.63, 3.8) is 0 Å². The zero-order chi connectivity index (χ0) is 15.7. The average Bonchev–Trinajstić information content (AvgIpc) is 2.57. The Morgan fingerprint density at radius 1 is 1.04 bits per heavy atom. The largest absolute Gasteiger partial charge is 0.484 e. The van der Waals surface area contributed by atoms with Crippen LogP contribution in [0.25, 0.3) is 0 Å². The predicted octanol–water partition coefficient (Wildman–Crippen LogP) is 3.99. The third kappa shape index (κ3) is 2.82. The molecule has 118 valence electrons. The molecule has 0 saturated carbocycles. The lowest BCUT2D eigenvalue weighted by molar-refractivity contribution is -0.0716. The fourth-order valence-electron chi connectivity index (χ4n) is 3.21. The molecular formula is C19H18O4. The lowest BCUT2D eigenvalue weighted by atomic mass is 9.86. The molecule has 23 heavy (non-hydrogen) atoms. The minimum Gasteiger partial charge on any atom is -0.484 e. The van der Waals surface area contributed by atoms with Crippen LogP contribution in [0.3, 0.4) is 0 Å². The van der Waals surface area contributed by atoms with E-state index >= 15 is 0 Å². The summed E-state index contributed by atoms with van der Waals surface area (Å²) in [6.45, 7) is 1.23. The summed E-state index contributed by atoms with van der Waals surface area (Å²) in [6, 6.07) is 14.9. The number of hydrogen-bond donors (Lipinski definition) is 0. The number of Topliss-reactive ketones (excluding diaryl/α,β-unsaturated/α-hetero) is 1. The van der Waals surface area contributed by atoms with E-state index in [-0.39, 0.29) is 5.78 Å². The van der Waals surface area contributed by atoms with Crippen LogP contribution in [0, 0.1) is 0 Å². The minimum atomic E-state index is -0.482. The highest BCUT2D eigenvalue weighted by atomic mass is 16.5. The second kappa shape index (κ2) is 5.70. The van der Waals surface area contributed by atoms with Gasteiger partial charge in [-0.2, -0.15) is 0 Å². The van der Waals surface area contributed by atoms with Gasteiger partial charge in [0.15, 0.2) is 5.78 Å². The fourth-order valence-corrected chi connectivity index (χ4v) is 3.21.